The fourth-order valence-corrected chi connectivity index (χ4v) is 4.40. The van der Waals surface area contributed by atoms with E-state index in [1.807, 2.05) is 24.3 Å². The molecule has 158 valence electrons. The van der Waals surface area contributed by atoms with E-state index >= 15 is 0 Å². The molecule has 0 saturated heterocycles. The molecule has 0 heterocycles. The van der Waals surface area contributed by atoms with E-state index in [-0.39, 0.29) is 12.5 Å². The highest BCUT2D eigenvalue weighted by atomic mass is 32.2. The van der Waals surface area contributed by atoms with Crippen LogP contribution in [0.5, 0.6) is 0 Å². The molecular weight excluding hydrogens is 376 g/mol. The maximum absolute atomic E-state index is 12.3. The Kier molecular flexibility index (Phi) is 7.89. The number of sulfonamides is 1. The Morgan fingerprint density at radius 1 is 1.11 bits per heavy atom. The van der Waals surface area contributed by atoms with Crippen LogP contribution in [0.4, 0.5) is 5.69 Å². The maximum atomic E-state index is 12.3. The summed E-state index contributed by atoms with van der Waals surface area (Å²) in [5, 5.41) is 12.2. The molecule has 1 aliphatic rings. The van der Waals surface area contributed by atoms with Crippen LogP contribution in [-0.4, -0.2) is 36.8 Å². The van der Waals surface area contributed by atoms with E-state index in [1.54, 1.807) is 20.8 Å². The number of aryl methyl sites for hydroxylation is 1. The Balaban J connectivity index is 1.71. The van der Waals surface area contributed by atoms with Crippen molar-refractivity contribution in [3.05, 3.63) is 29.8 Å². The molecule has 1 aromatic carbocycles. The minimum Gasteiger partial charge on any atom is -0.481 e. The molecular formula is C21H34N2O4S. The highest BCUT2D eigenvalue weighted by Crippen LogP contribution is 2.26. The summed E-state index contributed by atoms with van der Waals surface area (Å²) in [7, 11) is -3.28. The second-order valence-corrected chi connectivity index (χ2v) is 11.2. The summed E-state index contributed by atoms with van der Waals surface area (Å²) in [6.07, 6.45) is 5.42. The summed E-state index contributed by atoms with van der Waals surface area (Å²) < 4.78 is 26.7. The predicted octanol–water partition coefficient (Wildman–Crippen LogP) is 3.78. The minimum atomic E-state index is -3.28. The number of benzene rings is 1. The number of carboxylic acids is 1. The van der Waals surface area contributed by atoms with Crippen molar-refractivity contribution < 1.29 is 18.3 Å². The molecule has 0 aromatic heterocycles. The average Bonchev–Trinajstić information content (AvgIpc) is 2.61. The van der Waals surface area contributed by atoms with E-state index in [4.69, 9.17) is 5.11 Å². The second kappa shape index (κ2) is 9.74. The van der Waals surface area contributed by atoms with Crippen molar-refractivity contribution >= 4 is 21.7 Å². The smallest absolute Gasteiger partial charge is 0.303 e. The first-order valence-corrected chi connectivity index (χ1v) is 11.6. The van der Waals surface area contributed by atoms with Crippen LogP contribution >= 0.6 is 0 Å². The molecule has 0 atom stereocenters. The summed E-state index contributed by atoms with van der Waals surface area (Å²) in [6, 6.07) is 8.22. The number of hydrogen-bond donors (Lipinski definition) is 3. The quantitative estimate of drug-likeness (QED) is 0.576. The van der Waals surface area contributed by atoms with Gasteiger partial charge in [-0.05, 0) is 82.9 Å². The Morgan fingerprint density at radius 3 is 2.25 bits per heavy atom. The largest absolute Gasteiger partial charge is 0.481 e. The number of rotatable bonds is 9. The zero-order valence-corrected chi connectivity index (χ0v) is 18.0. The third-order valence-corrected chi connectivity index (χ3v) is 7.64. The zero-order chi connectivity index (χ0) is 20.8. The van der Waals surface area contributed by atoms with Crippen molar-refractivity contribution in [3.63, 3.8) is 0 Å². The molecule has 7 heteroatoms. The molecule has 28 heavy (non-hydrogen) atoms. The van der Waals surface area contributed by atoms with E-state index in [2.05, 4.69) is 10.0 Å². The Hall–Kier alpha value is -1.60. The Labute approximate surface area is 169 Å². The van der Waals surface area contributed by atoms with E-state index in [0.717, 1.165) is 49.9 Å². The number of carbonyl (C=O) groups is 1. The van der Waals surface area contributed by atoms with E-state index < -0.39 is 20.7 Å². The summed E-state index contributed by atoms with van der Waals surface area (Å²) in [5.74, 6) is -0.204. The molecule has 0 spiro atoms. The molecule has 6 nitrogen and oxygen atoms in total. The number of anilines is 1. The van der Waals surface area contributed by atoms with Gasteiger partial charge in [-0.1, -0.05) is 12.1 Å². The van der Waals surface area contributed by atoms with Crippen molar-refractivity contribution in [3.8, 4) is 0 Å². The molecule has 0 unspecified atom stereocenters. The van der Waals surface area contributed by atoms with Crippen LogP contribution in [0.15, 0.2) is 24.3 Å². The third-order valence-electron chi connectivity index (χ3n) is 5.38. The first kappa shape index (κ1) is 22.7. The lowest BCUT2D eigenvalue weighted by Crippen LogP contribution is -2.46. The van der Waals surface area contributed by atoms with Crippen LogP contribution < -0.4 is 10.0 Å². The van der Waals surface area contributed by atoms with Crippen molar-refractivity contribution in [2.75, 3.05) is 11.9 Å². The van der Waals surface area contributed by atoms with Crippen LogP contribution in [0.2, 0.25) is 0 Å². The molecule has 0 amide bonds. The van der Waals surface area contributed by atoms with Gasteiger partial charge < -0.3 is 10.4 Å². The predicted molar refractivity (Wildman–Crippen MR) is 113 cm³/mol. The molecule has 1 aliphatic carbocycles. The summed E-state index contributed by atoms with van der Waals surface area (Å²) in [5.41, 5.74) is 2.22. The Morgan fingerprint density at radius 2 is 1.71 bits per heavy atom. The van der Waals surface area contributed by atoms with Crippen molar-refractivity contribution in [1.29, 1.82) is 0 Å². The lowest BCUT2D eigenvalue weighted by Gasteiger charge is -2.31. The van der Waals surface area contributed by atoms with Gasteiger partial charge in [0.1, 0.15) is 0 Å². The van der Waals surface area contributed by atoms with Crippen LogP contribution in [0.3, 0.4) is 0 Å². The lowest BCUT2D eigenvalue weighted by atomic mass is 9.86. The first-order valence-electron chi connectivity index (χ1n) is 10.1. The topological polar surface area (TPSA) is 95.5 Å². The molecule has 0 radical (unpaired) electrons. The van der Waals surface area contributed by atoms with Gasteiger partial charge >= 0.3 is 5.97 Å². The highest BCUT2D eigenvalue weighted by molar-refractivity contribution is 7.90. The molecule has 0 aliphatic heterocycles. The van der Waals surface area contributed by atoms with Crippen molar-refractivity contribution in [1.82, 2.24) is 4.72 Å². The summed E-state index contributed by atoms with van der Waals surface area (Å²) in [4.78, 5) is 10.6. The zero-order valence-electron chi connectivity index (χ0n) is 17.2. The lowest BCUT2D eigenvalue weighted by molar-refractivity contribution is -0.137. The van der Waals surface area contributed by atoms with Gasteiger partial charge in [-0.2, -0.15) is 0 Å². The van der Waals surface area contributed by atoms with Gasteiger partial charge in [0.2, 0.25) is 10.0 Å². The summed E-state index contributed by atoms with van der Waals surface area (Å²) in [6.45, 7) is 6.06. The average molecular weight is 411 g/mol. The van der Waals surface area contributed by atoms with E-state index in [9.17, 15) is 13.2 Å². The third kappa shape index (κ3) is 7.09. The SMILES string of the molecule is CC(C)(C)S(=O)(=O)NC1CCC(CNc2ccc(CCCC(=O)O)cc2)CC1. The normalized spacial score (nSPS) is 20.7. The van der Waals surface area contributed by atoms with Gasteiger partial charge in [0.25, 0.3) is 0 Å². The van der Waals surface area contributed by atoms with Gasteiger partial charge in [-0.25, -0.2) is 13.1 Å². The number of nitrogens with one attached hydrogen (secondary N) is 2. The number of hydrogen-bond acceptors (Lipinski definition) is 4. The van der Waals surface area contributed by atoms with Crippen LogP contribution in [0.25, 0.3) is 0 Å². The van der Waals surface area contributed by atoms with Crippen molar-refractivity contribution in [2.24, 2.45) is 5.92 Å². The van der Waals surface area contributed by atoms with Crippen LogP contribution in [-0.2, 0) is 21.2 Å². The van der Waals surface area contributed by atoms with Gasteiger partial charge in [0.15, 0.2) is 0 Å². The summed E-state index contributed by atoms with van der Waals surface area (Å²) >= 11 is 0. The highest BCUT2D eigenvalue weighted by Gasteiger charge is 2.32. The van der Waals surface area contributed by atoms with Crippen LogP contribution in [0.1, 0.15) is 64.9 Å². The van der Waals surface area contributed by atoms with Gasteiger partial charge in [-0.15, -0.1) is 0 Å². The fourth-order valence-electron chi connectivity index (χ4n) is 3.38. The maximum Gasteiger partial charge on any atom is 0.303 e. The fraction of sp³-hybridized carbons (Fsp3) is 0.667. The number of aliphatic carboxylic acids is 1. The van der Waals surface area contributed by atoms with Gasteiger partial charge in [0, 0.05) is 24.7 Å². The molecule has 1 fully saturated rings. The molecule has 0 bridgehead atoms. The Bertz CT molecular complexity index is 731. The molecule has 1 saturated carbocycles. The standard InChI is InChI=1S/C21H34N2O4S/c1-21(2,3)28(26,27)23-19-13-9-17(10-14-19)15-22-18-11-7-16(8-12-18)5-4-6-20(24)25/h7-8,11-12,17,19,22-23H,4-6,9-10,13-15H2,1-3H3,(H,24,25). The second-order valence-electron chi connectivity index (χ2n) is 8.78. The molecule has 1 aromatic rings. The minimum absolute atomic E-state index is 0.0468. The van der Waals surface area contributed by atoms with Crippen LogP contribution in [0, 0.1) is 5.92 Å². The van der Waals surface area contributed by atoms with E-state index in [0.29, 0.717) is 12.3 Å². The monoisotopic (exact) mass is 410 g/mol. The molecule has 3 N–H and O–H groups in total. The van der Waals surface area contributed by atoms with Crippen molar-refractivity contribution in [2.45, 2.75) is 76.5 Å². The number of carboxylic acid groups (broad SMARTS) is 1. The molecule has 2 rings (SSSR count). The van der Waals surface area contributed by atoms with E-state index in [1.165, 1.54) is 0 Å². The van der Waals surface area contributed by atoms with Gasteiger partial charge in [0.05, 0.1) is 4.75 Å². The van der Waals surface area contributed by atoms with Gasteiger partial charge in [-0.3, -0.25) is 4.79 Å². The first-order chi connectivity index (χ1) is 13.1.